The summed E-state index contributed by atoms with van der Waals surface area (Å²) in [6.07, 6.45) is -1.54. The monoisotopic (exact) mass is 272 g/mol. The minimum absolute atomic E-state index is 0.302. The van der Waals surface area contributed by atoms with E-state index in [9.17, 15) is 19.8 Å². The normalized spacial score (nSPS) is 30.7. The number of aliphatic hydroxyl groups is 3. The molecule has 8 nitrogen and oxygen atoms in total. The third-order valence-electron chi connectivity index (χ3n) is 3.29. The molecule has 0 unspecified atom stereocenters. The summed E-state index contributed by atoms with van der Waals surface area (Å²) in [7, 11) is 0. The van der Waals surface area contributed by atoms with Crippen molar-refractivity contribution in [2.45, 2.75) is 31.3 Å². The first-order chi connectivity index (χ1) is 8.99. The summed E-state index contributed by atoms with van der Waals surface area (Å²) in [5.41, 5.74) is -0.898. The lowest BCUT2D eigenvalue weighted by molar-refractivity contribution is -0.0362. The molecule has 106 valence electrons. The van der Waals surface area contributed by atoms with E-state index in [2.05, 4.69) is 4.98 Å². The molecule has 0 aromatic carbocycles. The van der Waals surface area contributed by atoms with Crippen LogP contribution in [0.3, 0.4) is 0 Å². The Morgan fingerprint density at radius 2 is 1.95 bits per heavy atom. The van der Waals surface area contributed by atoms with Gasteiger partial charge in [-0.25, -0.2) is 4.79 Å². The highest BCUT2D eigenvalue weighted by Gasteiger charge is 2.44. The molecule has 1 aliphatic heterocycles. The molecule has 1 fully saturated rings. The van der Waals surface area contributed by atoms with Gasteiger partial charge in [-0.3, -0.25) is 14.3 Å². The molecule has 4 N–H and O–H groups in total. The predicted molar refractivity (Wildman–Crippen MR) is 63.9 cm³/mol. The fourth-order valence-electron chi connectivity index (χ4n) is 2.28. The number of aromatic amines is 1. The number of hydrogen-bond acceptors (Lipinski definition) is 6. The van der Waals surface area contributed by atoms with Crippen molar-refractivity contribution >= 4 is 0 Å². The van der Waals surface area contributed by atoms with Crippen LogP contribution >= 0.6 is 0 Å². The van der Waals surface area contributed by atoms with Gasteiger partial charge in [-0.1, -0.05) is 0 Å². The van der Waals surface area contributed by atoms with Gasteiger partial charge >= 0.3 is 5.69 Å². The SMILES string of the molecule is Cc1cn([C@H]2[C@H](O)[C@@H](CO)O[C@@H]2CO)c(=O)[nH]c1=O. The summed E-state index contributed by atoms with van der Waals surface area (Å²) < 4.78 is 6.39. The van der Waals surface area contributed by atoms with Gasteiger partial charge in [0.2, 0.25) is 0 Å². The molecule has 1 saturated heterocycles. The van der Waals surface area contributed by atoms with E-state index >= 15 is 0 Å². The largest absolute Gasteiger partial charge is 0.394 e. The summed E-state index contributed by atoms with van der Waals surface area (Å²) in [6.45, 7) is 0.683. The van der Waals surface area contributed by atoms with E-state index in [1.54, 1.807) is 0 Å². The lowest BCUT2D eigenvalue weighted by Gasteiger charge is -2.21. The fourth-order valence-corrected chi connectivity index (χ4v) is 2.28. The molecule has 0 spiro atoms. The third kappa shape index (κ3) is 2.35. The van der Waals surface area contributed by atoms with Gasteiger partial charge in [0.25, 0.3) is 5.56 Å². The number of nitrogens with zero attached hydrogens (tertiary/aromatic N) is 1. The van der Waals surface area contributed by atoms with E-state index in [0.717, 1.165) is 4.57 Å². The fraction of sp³-hybridized carbons (Fsp3) is 0.636. The van der Waals surface area contributed by atoms with Gasteiger partial charge in [0, 0.05) is 11.8 Å². The zero-order chi connectivity index (χ0) is 14.2. The van der Waals surface area contributed by atoms with E-state index in [-0.39, 0.29) is 0 Å². The van der Waals surface area contributed by atoms with Gasteiger partial charge in [0.1, 0.15) is 18.3 Å². The van der Waals surface area contributed by atoms with E-state index < -0.39 is 48.8 Å². The first kappa shape index (κ1) is 13.9. The zero-order valence-corrected chi connectivity index (χ0v) is 10.3. The number of H-pyrrole nitrogens is 1. The number of hydrogen-bond donors (Lipinski definition) is 4. The molecular weight excluding hydrogens is 256 g/mol. The summed E-state index contributed by atoms with van der Waals surface area (Å²) in [5.74, 6) is 0. The smallest absolute Gasteiger partial charge is 0.328 e. The van der Waals surface area contributed by atoms with Crippen LogP contribution < -0.4 is 11.2 Å². The Hall–Kier alpha value is -1.48. The van der Waals surface area contributed by atoms with Crippen LogP contribution in [0.5, 0.6) is 0 Å². The van der Waals surface area contributed by atoms with Crippen molar-refractivity contribution in [3.63, 3.8) is 0 Å². The molecular formula is C11H16N2O6. The van der Waals surface area contributed by atoms with Gasteiger partial charge in [-0.15, -0.1) is 0 Å². The average Bonchev–Trinajstić information content (AvgIpc) is 2.70. The zero-order valence-electron chi connectivity index (χ0n) is 10.3. The molecule has 0 amide bonds. The molecule has 2 heterocycles. The van der Waals surface area contributed by atoms with Crippen LogP contribution in [-0.2, 0) is 4.74 Å². The van der Waals surface area contributed by atoms with E-state index in [4.69, 9.17) is 9.84 Å². The van der Waals surface area contributed by atoms with Crippen molar-refractivity contribution in [3.8, 4) is 0 Å². The topological polar surface area (TPSA) is 125 Å². The van der Waals surface area contributed by atoms with Crippen LogP contribution in [0.1, 0.15) is 11.6 Å². The molecule has 2 rings (SSSR count). The van der Waals surface area contributed by atoms with Crippen LogP contribution in [0.25, 0.3) is 0 Å². The molecule has 0 radical (unpaired) electrons. The quantitative estimate of drug-likeness (QED) is 0.482. The molecule has 4 atom stereocenters. The average molecular weight is 272 g/mol. The maximum atomic E-state index is 11.8. The second-order valence-corrected chi connectivity index (χ2v) is 4.54. The lowest BCUT2D eigenvalue weighted by atomic mass is 10.0. The second-order valence-electron chi connectivity index (χ2n) is 4.54. The summed E-state index contributed by atoms with van der Waals surface area (Å²) in [5, 5.41) is 28.3. The number of rotatable bonds is 3. The maximum Gasteiger partial charge on any atom is 0.328 e. The first-order valence-corrected chi connectivity index (χ1v) is 5.87. The van der Waals surface area contributed by atoms with Crippen molar-refractivity contribution < 1.29 is 20.1 Å². The molecule has 0 saturated carbocycles. The van der Waals surface area contributed by atoms with Gasteiger partial charge in [0.05, 0.1) is 19.3 Å². The highest BCUT2D eigenvalue weighted by atomic mass is 16.5. The van der Waals surface area contributed by atoms with Crippen molar-refractivity contribution in [1.29, 1.82) is 0 Å². The molecule has 1 aromatic heterocycles. The van der Waals surface area contributed by atoms with Gasteiger partial charge in [-0.2, -0.15) is 0 Å². The first-order valence-electron chi connectivity index (χ1n) is 5.87. The van der Waals surface area contributed by atoms with Crippen LogP contribution in [0.4, 0.5) is 0 Å². The van der Waals surface area contributed by atoms with Crippen molar-refractivity contribution in [3.05, 3.63) is 32.6 Å². The van der Waals surface area contributed by atoms with Crippen LogP contribution in [0.2, 0.25) is 0 Å². The third-order valence-corrected chi connectivity index (χ3v) is 3.29. The van der Waals surface area contributed by atoms with E-state index in [1.807, 2.05) is 0 Å². The van der Waals surface area contributed by atoms with Crippen molar-refractivity contribution in [2.24, 2.45) is 0 Å². The second kappa shape index (κ2) is 5.25. The standard InChI is InChI=1S/C11H16N2O6/c1-5-2-13(11(18)12-10(5)17)8-6(3-14)19-7(4-15)9(8)16/h2,6-9,14-16H,3-4H2,1H3,(H,12,17,18)/t6-,7-,8-,9-/m1/s1. The minimum atomic E-state index is -1.15. The summed E-state index contributed by atoms with van der Waals surface area (Å²) in [6, 6.07) is -0.856. The molecule has 0 bridgehead atoms. The number of nitrogens with one attached hydrogen (secondary N) is 1. The van der Waals surface area contributed by atoms with Gasteiger partial charge in [0.15, 0.2) is 0 Å². The molecule has 0 aliphatic carbocycles. The number of ether oxygens (including phenoxy) is 1. The van der Waals surface area contributed by atoms with Crippen molar-refractivity contribution in [2.75, 3.05) is 13.2 Å². The Bertz CT molecular complexity index is 563. The minimum Gasteiger partial charge on any atom is -0.394 e. The van der Waals surface area contributed by atoms with Crippen LogP contribution in [0, 0.1) is 6.92 Å². The summed E-state index contributed by atoms with van der Waals surface area (Å²) >= 11 is 0. The summed E-state index contributed by atoms with van der Waals surface area (Å²) in [4.78, 5) is 25.2. The molecule has 19 heavy (non-hydrogen) atoms. The lowest BCUT2D eigenvalue weighted by Crippen LogP contribution is -2.41. The van der Waals surface area contributed by atoms with Crippen LogP contribution in [0.15, 0.2) is 15.8 Å². The Morgan fingerprint density at radius 1 is 1.32 bits per heavy atom. The van der Waals surface area contributed by atoms with E-state index in [1.165, 1.54) is 13.1 Å². The molecule has 8 heteroatoms. The maximum absolute atomic E-state index is 11.8. The van der Waals surface area contributed by atoms with Crippen LogP contribution in [-0.4, -0.2) is 56.4 Å². The van der Waals surface area contributed by atoms with E-state index in [0.29, 0.717) is 5.56 Å². The number of aryl methyl sites for hydroxylation is 1. The van der Waals surface area contributed by atoms with Crippen molar-refractivity contribution in [1.82, 2.24) is 9.55 Å². The Kier molecular flexibility index (Phi) is 3.85. The molecule has 1 aromatic rings. The highest BCUT2D eigenvalue weighted by Crippen LogP contribution is 2.29. The predicted octanol–water partition coefficient (Wildman–Crippen LogP) is -2.50. The number of aliphatic hydroxyl groups excluding tert-OH is 3. The molecule has 1 aliphatic rings. The Balaban J connectivity index is 2.47. The Labute approximate surface area is 107 Å². The Morgan fingerprint density at radius 3 is 2.53 bits per heavy atom. The number of aromatic nitrogens is 2. The van der Waals surface area contributed by atoms with Gasteiger partial charge < -0.3 is 20.1 Å². The van der Waals surface area contributed by atoms with Gasteiger partial charge in [-0.05, 0) is 6.92 Å². The highest BCUT2D eigenvalue weighted by molar-refractivity contribution is 5.05.